The van der Waals surface area contributed by atoms with Crippen LogP contribution in [0.3, 0.4) is 0 Å². The molecule has 4 nitrogen and oxygen atoms in total. The van der Waals surface area contributed by atoms with Crippen molar-refractivity contribution >= 4 is 23.3 Å². The highest BCUT2D eigenvalue weighted by molar-refractivity contribution is 6.16. The van der Waals surface area contributed by atoms with E-state index in [0.717, 1.165) is 18.7 Å². The maximum atomic E-state index is 5.63. The second-order valence-corrected chi connectivity index (χ2v) is 3.91. The topological polar surface area (TPSA) is 42.2 Å². The predicted octanol–water partition coefficient (Wildman–Crippen LogP) is 2.50. The summed E-state index contributed by atoms with van der Waals surface area (Å²) < 4.78 is 5.45. The van der Waals surface area contributed by atoms with Crippen LogP contribution in [0.15, 0.2) is 28.7 Å². The Kier molecular flexibility index (Phi) is 2.29. The molecule has 16 heavy (non-hydrogen) atoms. The van der Waals surface area contributed by atoms with Crippen LogP contribution < -0.4 is 4.90 Å². The van der Waals surface area contributed by atoms with E-state index in [2.05, 4.69) is 22.3 Å². The van der Waals surface area contributed by atoms with E-state index >= 15 is 0 Å². The van der Waals surface area contributed by atoms with Gasteiger partial charge in [0, 0.05) is 12.2 Å². The first kappa shape index (κ1) is 9.66. The second-order valence-electron chi connectivity index (χ2n) is 3.64. The molecule has 2 aromatic rings. The monoisotopic (exact) mass is 235 g/mol. The second kappa shape index (κ2) is 3.79. The molecule has 3 rings (SSSR count). The van der Waals surface area contributed by atoms with Crippen molar-refractivity contribution in [2.75, 3.05) is 11.4 Å². The number of rotatable bonds is 2. The summed E-state index contributed by atoms with van der Waals surface area (Å²) in [6.45, 7) is 0.878. The van der Waals surface area contributed by atoms with Crippen LogP contribution in [0.1, 0.15) is 11.5 Å². The highest BCUT2D eigenvalue weighted by Crippen LogP contribution is 2.33. The zero-order chi connectivity index (χ0) is 11.0. The summed E-state index contributed by atoms with van der Waals surface area (Å²) in [6, 6.07) is 8.76. The zero-order valence-corrected chi connectivity index (χ0v) is 9.31. The standard InChI is InChI=1S/C11H10ClN3O/c12-7-10-13-14-11(16-10)15-6-5-8-3-1-2-4-9(8)15/h1-4H,5-7H2. The Bertz CT molecular complexity index is 511. The molecule has 0 radical (unpaired) electrons. The van der Waals surface area contributed by atoms with Crippen LogP contribution in [-0.2, 0) is 12.3 Å². The van der Waals surface area contributed by atoms with Gasteiger partial charge < -0.3 is 4.42 Å². The van der Waals surface area contributed by atoms with Gasteiger partial charge in [0.15, 0.2) is 0 Å². The molecule has 0 N–H and O–H groups in total. The maximum Gasteiger partial charge on any atom is 0.322 e. The number of anilines is 2. The van der Waals surface area contributed by atoms with E-state index in [1.165, 1.54) is 5.56 Å². The number of fused-ring (bicyclic) bond motifs is 1. The Morgan fingerprint density at radius 1 is 1.31 bits per heavy atom. The summed E-state index contributed by atoms with van der Waals surface area (Å²) in [5.41, 5.74) is 2.46. The highest BCUT2D eigenvalue weighted by Gasteiger charge is 2.23. The smallest absolute Gasteiger partial charge is 0.322 e. The molecule has 0 unspecified atom stereocenters. The summed E-state index contributed by atoms with van der Waals surface area (Å²) in [5.74, 6) is 0.712. The lowest BCUT2D eigenvalue weighted by Crippen LogP contribution is -2.13. The Balaban J connectivity index is 1.98. The van der Waals surface area contributed by atoms with Gasteiger partial charge in [0.1, 0.15) is 5.88 Å². The number of benzene rings is 1. The van der Waals surface area contributed by atoms with Crippen molar-refractivity contribution in [3.8, 4) is 0 Å². The minimum absolute atomic E-state index is 0.252. The third-order valence-corrected chi connectivity index (χ3v) is 2.92. The molecule has 0 aliphatic carbocycles. The number of para-hydroxylation sites is 1. The first-order valence-electron chi connectivity index (χ1n) is 5.12. The first-order valence-corrected chi connectivity index (χ1v) is 5.66. The van der Waals surface area contributed by atoms with Crippen LogP contribution in [-0.4, -0.2) is 16.7 Å². The van der Waals surface area contributed by atoms with E-state index in [9.17, 15) is 0 Å². The third kappa shape index (κ3) is 1.46. The molecule has 0 fully saturated rings. The molecule has 1 aliphatic rings. The number of nitrogens with zero attached hydrogens (tertiary/aromatic N) is 3. The van der Waals surface area contributed by atoms with Crippen molar-refractivity contribution in [3.05, 3.63) is 35.7 Å². The van der Waals surface area contributed by atoms with Crippen molar-refractivity contribution in [3.63, 3.8) is 0 Å². The largest absolute Gasteiger partial charge is 0.406 e. The molecule has 0 atom stereocenters. The van der Waals surface area contributed by atoms with Crippen molar-refractivity contribution in [1.29, 1.82) is 0 Å². The molecule has 0 spiro atoms. The van der Waals surface area contributed by atoms with E-state index in [-0.39, 0.29) is 5.88 Å². The molecule has 0 saturated carbocycles. The SMILES string of the molecule is ClCc1nnc(N2CCc3ccccc32)o1. The van der Waals surface area contributed by atoms with Crippen molar-refractivity contribution in [2.45, 2.75) is 12.3 Å². The fourth-order valence-corrected chi connectivity index (χ4v) is 2.05. The van der Waals surface area contributed by atoms with Gasteiger partial charge in [-0.05, 0) is 18.1 Å². The minimum Gasteiger partial charge on any atom is -0.406 e. The summed E-state index contributed by atoms with van der Waals surface area (Å²) in [4.78, 5) is 2.03. The zero-order valence-electron chi connectivity index (χ0n) is 8.56. The van der Waals surface area contributed by atoms with Crippen molar-refractivity contribution < 1.29 is 4.42 Å². The molecule has 1 aliphatic heterocycles. The average molecular weight is 236 g/mol. The van der Waals surface area contributed by atoms with Crippen LogP contribution >= 0.6 is 11.6 Å². The van der Waals surface area contributed by atoms with E-state index in [0.29, 0.717) is 11.9 Å². The van der Waals surface area contributed by atoms with Gasteiger partial charge in [0.25, 0.3) is 0 Å². The molecule has 1 aromatic carbocycles. The van der Waals surface area contributed by atoms with E-state index in [4.69, 9.17) is 16.0 Å². The molecule has 0 saturated heterocycles. The molecule has 2 heterocycles. The maximum absolute atomic E-state index is 5.63. The lowest BCUT2D eigenvalue weighted by atomic mass is 10.2. The van der Waals surface area contributed by atoms with E-state index < -0.39 is 0 Å². The van der Waals surface area contributed by atoms with Gasteiger partial charge in [0.2, 0.25) is 5.89 Å². The van der Waals surface area contributed by atoms with Gasteiger partial charge in [-0.2, -0.15) is 0 Å². The summed E-state index contributed by atoms with van der Waals surface area (Å²) in [6.07, 6.45) is 1.01. The van der Waals surface area contributed by atoms with E-state index in [1.807, 2.05) is 17.0 Å². The Labute approximate surface area is 97.8 Å². The first-order chi connectivity index (χ1) is 7.88. The van der Waals surface area contributed by atoms with Crippen LogP contribution in [0.25, 0.3) is 0 Å². The average Bonchev–Trinajstić information content (AvgIpc) is 2.94. The van der Waals surface area contributed by atoms with Crippen molar-refractivity contribution in [1.82, 2.24) is 10.2 Å². The molecule has 5 heteroatoms. The highest BCUT2D eigenvalue weighted by atomic mass is 35.5. The summed E-state index contributed by atoms with van der Waals surface area (Å²) in [5, 5.41) is 7.85. The van der Waals surface area contributed by atoms with Gasteiger partial charge in [-0.15, -0.1) is 16.7 Å². The van der Waals surface area contributed by atoms with Gasteiger partial charge >= 0.3 is 6.01 Å². The number of hydrogen-bond acceptors (Lipinski definition) is 4. The minimum atomic E-state index is 0.252. The lowest BCUT2D eigenvalue weighted by molar-refractivity contribution is 0.515. The van der Waals surface area contributed by atoms with Crippen LogP contribution in [0.5, 0.6) is 0 Å². The van der Waals surface area contributed by atoms with Gasteiger partial charge in [-0.25, -0.2) is 0 Å². The van der Waals surface area contributed by atoms with Crippen molar-refractivity contribution in [2.24, 2.45) is 0 Å². The third-order valence-electron chi connectivity index (χ3n) is 2.69. The molecular weight excluding hydrogens is 226 g/mol. The predicted molar refractivity (Wildman–Crippen MR) is 61.0 cm³/mol. The Morgan fingerprint density at radius 3 is 3.00 bits per heavy atom. The Hall–Kier alpha value is -1.55. The molecular formula is C11H10ClN3O. The van der Waals surface area contributed by atoms with E-state index in [1.54, 1.807) is 0 Å². The van der Waals surface area contributed by atoms with Crippen LogP contribution in [0, 0.1) is 0 Å². The summed E-state index contributed by atoms with van der Waals surface area (Å²) >= 11 is 5.63. The molecule has 0 bridgehead atoms. The van der Waals surface area contributed by atoms with Gasteiger partial charge in [-0.3, -0.25) is 4.90 Å². The normalized spacial score (nSPS) is 14.2. The molecule has 0 amide bonds. The van der Waals surface area contributed by atoms with Crippen LogP contribution in [0.4, 0.5) is 11.7 Å². The molecule has 82 valence electrons. The quantitative estimate of drug-likeness (QED) is 0.750. The lowest BCUT2D eigenvalue weighted by Gasteiger charge is -2.12. The van der Waals surface area contributed by atoms with Crippen LogP contribution in [0.2, 0.25) is 0 Å². The summed E-state index contributed by atoms with van der Waals surface area (Å²) in [7, 11) is 0. The number of aromatic nitrogens is 2. The molecule has 1 aromatic heterocycles. The Morgan fingerprint density at radius 2 is 2.19 bits per heavy atom. The fraction of sp³-hybridized carbons (Fsp3) is 0.273. The van der Waals surface area contributed by atoms with Gasteiger partial charge in [0.05, 0.1) is 0 Å². The van der Waals surface area contributed by atoms with Gasteiger partial charge in [-0.1, -0.05) is 23.3 Å². The number of hydrogen-bond donors (Lipinski definition) is 0. The number of halogens is 1. The number of alkyl halides is 1. The fourth-order valence-electron chi connectivity index (χ4n) is 1.94.